The summed E-state index contributed by atoms with van der Waals surface area (Å²) in [5.41, 5.74) is 7.73. The van der Waals surface area contributed by atoms with E-state index in [1.165, 1.54) is 4.68 Å². The maximum absolute atomic E-state index is 15.4. The van der Waals surface area contributed by atoms with Gasteiger partial charge in [-0.15, -0.1) is 0 Å². The van der Waals surface area contributed by atoms with Crippen LogP contribution in [0.1, 0.15) is 25.0 Å². The second-order valence-electron chi connectivity index (χ2n) is 8.71. The molecule has 1 aromatic carbocycles. The molecule has 3 aromatic heterocycles. The van der Waals surface area contributed by atoms with Gasteiger partial charge in [0, 0.05) is 24.7 Å². The third kappa shape index (κ3) is 2.89. The smallest absolute Gasteiger partial charge is 0.177 e. The Morgan fingerprint density at radius 1 is 1.30 bits per heavy atom. The third-order valence-corrected chi connectivity index (χ3v) is 7.26. The van der Waals surface area contributed by atoms with E-state index < -0.39 is 30.7 Å². The summed E-state index contributed by atoms with van der Waals surface area (Å²) in [6.45, 7) is -0.405. The molecule has 4 N–H and O–H groups in total. The van der Waals surface area contributed by atoms with Crippen molar-refractivity contribution < 1.29 is 13.9 Å². The van der Waals surface area contributed by atoms with Gasteiger partial charge in [0.1, 0.15) is 34.0 Å². The predicted molar refractivity (Wildman–Crippen MR) is 119 cm³/mol. The summed E-state index contributed by atoms with van der Waals surface area (Å²) < 4.78 is 31.7. The topological polar surface area (TPSA) is 122 Å². The minimum absolute atomic E-state index is 0.0315. The number of nitrogens with two attached hydrogens (primary N) is 1. The van der Waals surface area contributed by atoms with Crippen LogP contribution in [0.5, 0.6) is 0 Å². The summed E-state index contributed by atoms with van der Waals surface area (Å²) in [6, 6.07) is 2.33. The van der Waals surface area contributed by atoms with E-state index in [0.29, 0.717) is 35.3 Å². The molecular formula is C21H21ClF2N8O. The lowest BCUT2D eigenvalue weighted by Crippen LogP contribution is -2.56. The number of aromatic amines is 1. The molecule has 33 heavy (non-hydrogen) atoms. The average molecular weight is 475 g/mol. The molecule has 4 aromatic rings. The molecule has 2 aliphatic rings. The van der Waals surface area contributed by atoms with E-state index in [1.54, 1.807) is 19.2 Å². The molecule has 12 heteroatoms. The van der Waals surface area contributed by atoms with Crippen LogP contribution in [0, 0.1) is 5.82 Å². The molecule has 0 radical (unpaired) electrons. The SMILES string of the molecule is Cn1nc2ccc(-c3n[nH]c4nc(N5[C@@H]6CC[C@H]5[C@@H](F)[C@@H](N)C6)c(CO)nc34)c(F)c2c1Cl. The number of aliphatic hydroxyl groups excluding tert-OH is 1. The number of benzene rings is 1. The molecule has 0 amide bonds. The lowest BCUT2D eigenvalue weighted by Gasteiger charge is -2.41. The second-order valence-corrected chi connectivity index (χ2v) is 9.06. The second kappa shape index (κ2) is 7.31. The van der Waals surface area contributed by atoms with Crippen molar-refractivity contribution >= 4 is 39.5 Å². The van der Waals surface area contributed by atoms with E-state index in [2.05, 4.69) is 25.3 Å². The van der Waals surface area contributed by atoms with E-state index in [9.17, 15) is 9.50 Å². The van der Waals surface area contributed by atoms with E-state index in [0.717, 1.165) is 6.42 Å². The summed E-state index contributed by atoms with van der Waals surface area (Å²) in [6.07, 6.45) is 0.785. The first-order valence-electron chi connectivity index (χ1n) is 10.7. The van der Waals surface area contributed by atoms with Gasteiger partial charge in [-0.2, -0.15) is 10.2 Å². The Kier molecular flexibility index (Phi) is 4.58. The Morgan fingerprint density at radius 3 is 2.91 bits per heavy atom. The zero-order valence-corrected chi connectivity index (χ0v) is 18.4. The van der Waals surface area contributed by atoms with E-state index in [-0.39, 0.29) is 33.5 Å². The highest BCUT2D eigenvalue weighted by atomic mass is 35.5. The van der Waals surface area contributed by atoms with Crippen molar-refractivity contribution in [3.8, 4) is 11.3 Å². The van der Waals surface area contributed by atoms with Crippen LogP contribution >= 0.6 is 11.6 Å². The van der Waals surface area contributed by atoms with Gasteiger partial charge < -0.3 is 15.7 Å². The van der Waals surface area contributed by atoms with E-state index in [1.807, 2.05) is 4.90 Å². The number of aliphatic hydroxyl groups is 1. The van der Waals surface area contributed by atoms with Crippen LogP contribution < -0.4 is 10.6 Å². The minimum Gasteiger partial charge on any atom is -0.390 e. The summed E-state index contributed by atoms with van der Waals surface area (Å²) in [4.78, 5) is 11.1. The molecule has 0 unspecified atom stereocenters. The van der Waals surface area contributed by atoms with Gasteiger partial charge in [0.2, 0.25) is 0 Å². The van der Waals surface area contributed by atoms with E-state index >= 15 is 4.39 Å². The Bertz CT molecular complexity index is 1400. The van der Waals surface area contributed by atoms with Crippen molar-refractivity contribution in [2.75, 3.05) is 4.90 Å². The highest BCUT2D eigenvalue weighted by Crippen LogP contribution is 2.41. The van der Waals surface area contributed by atoms with Crippen LogP contribution in [0.3, 0.4) is 0 Å². The normalized spacial score (nSPS) is 25.0. The number of H-pyrrole nitrogens is 1. The zero-order valence-electron chi connectivity index (χ0n) is 17.6. The van der Waals surface area contributed by atoms with Crippen LogP contribution in [0.2, 0.25) is 5.15 Å². The summed E-state index contributed by atoms with van der Waals surface area (Å²) in [7, 11) is 1.63. The fourth-order valence-corrected chi connectivity index (χ4v) is 5.50. The first-order valence-corrected chi connectivity index (χ1v) is 11.1. The number of alkyl halides is 1. The molecule has 4 atom stereocenters. The zero-order chi connectivity index (χ0) is 23.0. The predicted octanol–water partition coefficient (Wildman–Crippen LogP) is 2.60. The van der Waals surface area contributed by atoms with Crippen molar-refractivity contribution in [1.82, 2.24) is 29.9 Å². The number of piperidine rings is 1. The largest absolute Gasteiger partial charge is 0.390 e. The number of hydrogen-bond donors (Lipinski definition) is 3. The molecule has 2 saturated heterocycles. The summed E-state index contributed by atoms with van der Waals surface area (Å²) in [5, 5.41) is 21.7. The van der Waals surface area contributed by atoms with Gasteiger partial charge >= 0.3 is 0 Å². The Morgan fingerprint density at radius 2 is 2.12 bits per heavy atom. The lowest BCUT2D eigenvalue weighted by molar-refractivity contribution is 0.202. The van der Waals surface area contributed by atoms with Gasteiger partial charge in [0.15, 0.2) is 11.5 Å². The monoisotopic (exact) mass is 474 g/mol. The number of halogens is 3. The van der Waals surface area contributed by atoms with Gasteiger partial charge in [-0.25, -0.2) is 18.7 Å². The molecule has 0 aliphatic carbocycles. The van der Waals surface area contributed by atoms with Crippen LogP contribution in [-0.2, 0) is 13.7 Å². The van der Waals surface area contributed by atoms with Crippen molar-refractivity contribution in [1.29, 1.82) is 0 Å². The number of nitrogens with one attached hydrogen (secondary N) is 1. The highest BCUT2D eigenvalue weighted by molar-refractivity contribution is 6.34. The summed E-state index contributed by atoms with van der Waals surface area (Å²) >= 11 is 6.23. The first kappa shape index (κ1) is 20.7. The number of anilines is 1. The standard InChI is InChI=1S/C21H21ClF2N8O/c1-31-19(22)14-11(30-31)4-3-9(15(14)23)17-18-20(29-28-17)27-21(12(7-33)26-18)32-8-2-5-13(32)16(24)10(25)6-8/h3-4,8,10,13,16,33H,2,5-7,25H2,1H3,(H,27,28,29)/t8-,10+,13+,16+/m1/s1. The molecule has 6 rings (SSSR count). The number of rotatable bonds is 3. The molecule has 0 spiro atoms. The number of aromatic nitrogens is 6. The van der Waals surface area contributed by atoms with Crippen molar-refractivity contribution in [2.24, 2.45) is 12.8 Å². The highest BCUT2D eigenvalue weighted by Gasteiger charge is 2.48. The maximum Gasteiger partial charge on any atom is 0.177 e. The Labute approximate surface area is 191 Å². The van der Waals surface area contributed by atoms with Crippen molar-refractivity contribution in [3.63, 3.8) is 0 Å². The van der Waals surface area contributed by atoms with Gasteiger partial charge in [0.25, 0.3) is 0 Å². The molecule has 172 valence electrons. The minimum atomic E-state index is -1.19. The van der Waals surface area contributed by atoms with Crippen LogP contribution in [0.15, 0.2) is 12.1 Å². The molecule has 2 fully saturated rings. The Balaban J connectivity index is 1.49. The number of aryl methyl sites for hydroxylation is 1. The van der Waals surface area contributed by atoms with Crippen LogP contribution in [-0.4, -0.2) is 59.3 Å². The molecule has 0 saturated carbocycles. The maximum atomic E-state index is 15.4. The average Bonchev–Trinajstić information content (AvgIpc) is 3.45. The molecular weight excluding hydrogens is 454 g/mol. The number of nitrogens with zero attached hydrogens (tertiary/aromatic N) is 6. The number of hydrogen-bond acceptors (Lipinski definition) is 7. The van der Waals surface area contributed by atoms with Crippen molar-refractivity contribution in [2.45, 2.75) is 50.2 Å². The van der Waals surface area contributed by atoms with E-state index in [4.69, 9.17) is 17.3 Å². The van der Waals surface area contributed by atoms with Gasteiger partial charge in [-0.1, -0.05) is 11.6 Å². The molecule has 2 bridgehead atoms. The van der Waals surface area contributed by atoms with Crippen LogP contribution in [0.4, 0.5) is 14.6 Å². The summed E-state index contributed by atoms with van der Waals surface area (Å²) in [5.74, 6) is -0.160. The number of fused-ring (bicyclic) bond motifs is 4. The third-order valence-electron chi connectivity index (χ3n) is 6.83. The lowest BCUT2D eigenvalue weighted by atomic mass is 9.96. The molecule has 5 heterocycles. The van der Waals surface area contributed by atoms with Gasteiger partial charge in [-0.3, -0.25) is 9.78 Å². The van der Waals surface area contributed by atoms with Gasteiger partial charge in [0.05, 0.1) is 23.6 Å². The van der Waals surface area contributed by atoms with Crippen molar-refractivity contribution in [3.05, 3.63) is 28.8 Å². The van der Waals surface area contributed by atoms with Crippen LogP contribution in [0.25, 0.3) is 33.3 Å². The fraction of sp³-hybridized carbons (Fsp3) is 0.429. The quantitative estimate of drug-likeness (QED) is 0.417. The first-order chi connectivity index (χ1) is 15.9. The van der Waals surface area contributed by atoms with Gasteiger partial charge in [-0.05, 0) is 31.4 Å². The fourth-order valence-electron chi connectivity index (χ4n) is 5.28. The molecule has 9 nitrogen and oxygen atoms in total. The molecule has 2 aliphatic heterocycles. The Hall–Kier alpha value is -2.89.